The predicted octanol–water partition coefficient (Wildman–Crippen LogP) is 5.65. The van der Waals surface area contributed by atoms with Gasteiger partial charge in [-0.05, 0) is 92.2 Å². The number of nitrogens with one attached hydrogen (secondary N) is 1. The molecule has 4 bridgehead atoms. The summed E-state index contributed by atoms with van der Waals surface area (Å²) in [6.07, 6.45) is 11.8. The summed E-state index contributed by atoms with van der Waals surface area (Å²) in [6, 6.07) is 11.2. The number of hydrogen-bond acceptors (Lipinski definition) is 2. The number of Topliss-reactive ketones (excluding diaryl/α,β-unsaturated/α-hetero) is 1. The maximum Gasteiger partial charge on any atom is 0.139 e. The Morgan fingerprint density at radius 2 is 1.79 bits per heavy atom. The molecule has 0 amide bonds. The molecule has 1 saturated heterocycles. The molecule has 28 heavy (non-hydrogen) atoms. The van der Waals surface area contributed by atoms with Crippen LogP contribution < -0.4 is 5.32 Å². The Labute approximate surface area is 170 Å². The molecule has 2 nitrogen and oxygen atoms in total. The lowest BCUT2D eigenvalue weighted by Crippen LogP contribution is -2.61. The highest BCUT2D eigenvalue weighted by atomic mass is 16.1. The predicted molar refractivity (Wildman–Crippen MR) is 114 cm³/mol. The van der Waals surface area contributed by atoms with Gasteiger partial charge in [0.2, 0.25) is 0 Å². The minimum Gasteiger partial charge on any atom is -0.317 e. The molecule has 4 atom stereocenters. The van der Waals surface area contributed by atoms with E-state index in [4.69, 9.17) is 0 Å². The molecule has 1 aromatic rings. The standard InChI is InChI=1S/C26H37NO/c1-3-24-13-20-14-25(17-24,21-7-5-4-6-8-21)19-26(15-20,18-24)22(28)16-23(2)9-11-27-12-10-23/h4-8,20,27H,3,9-19H2,1-2H3. The minimum atomic E-state index is -0.0425. The topological polar surface area (TPSA) is 29.1 Å². The van der Waals surface area contributed by atoms with Crippen molar-refractivity contribution in [2.24, 2.45) is 22.2 Å². The summed E-state index contributed by atoms with van der Waals surface area (Å²) in [4.78, 5) is 14.0. The van der Waals surface area contributed by atoms with Gasteiger partial charge in [0, 0.05) is 11.8 Å². The second-order valence-corrected chi connectivity index (χ2v) is 11.4. The number of carbonyl (C=O) groups is 1. The minimum absolute atomic E-state index is 0.0425. The third kappa shape index (κ3) is 2.90. The molecule has 4 saturated carbocycles. The molecule has 1 aliphatic heterocycles. The van der Waals surface area contributed by atoms with Crippen molar-refractivity contribution in [3.8, 4) is 0 Å². The van der Waals surface area contributed by atoms with Crippen LogP contribution >= 0.6 is 0 Å². The molecule has 5 fully saturated rings. The molecule has 0 aromatic heterocycles. The lowest BCUT2D eigenvalue weighted by Gasteiger charge is -2.67. The molecule has 1 aromatic carbocycles. The molecule has 6 rings (SSSR count). The summed E-state index contributed by atoms with van der Waals surface area (Å²) in [6.45, 7) is 6.91. The Morgan fingerprint density at radius 3 is 2.50 bits per heavy atom. The molecule has 0 spiro atoms. The van der Waals surface area contributed by atoms with Crippen molar-refractivity contribution in [2.75, 3.05) is 13.1 Å². The zero-order chi connectivity index (χ0) is 19.5. The Hall–Kier alpha value is -1.15. The molecule has 0 radical (unpaired) electrons. The van der Waals surface area contributed by atoms with Crippen LogP contribution in [0.1, 0.15) is 83.6 Å². The van der Waals surface area contributed by atoms with Crippen molar-refractivity contribution < 1.29 is 4.79 Å². The maximum absolute atomic E-state index is 14.0. The van der Waals surface area contributed by atoms with Crippen LogP contribution in [0.15, 0.2) is 30.3 Å². The van der Waals surface area contributed by atoms with Gasteiger partial charge in [-0.3, -0.25) is 4.79 Å². The average Bonchev–Trinajstić information content (AvgIpc) is 2.68. The van der Waals surface area contributed by atoms with Crippen LogP contribution in [0.5, 0.6) is 0 Å². The second-order valence-electron chi connectivity index (χ2n) is 11.4. The van der Waals surface area contributed by atoms with Crippen molar-refractivity contribution in [3.05, 3.63) is 35.9 Å². The fourth-order valence-corrected chi connectivity index (χ4v) is 8.24. The van der Waals surface area contributed by atoms with Gasteiger partial charge in [-0.15, -0.1) is 0 Å². The number of rotatable bonds is 5. The van der Waals surface area contributed by atoms with E-state index in [1.54, 1.807) is 0 Å². The fourth-order valence-electron chi connectivity index (χ4n) is 8.24. The summed E-state index contributed by atoms with van der Waals surface area (Å²) < 4.78 is 0. The van der Waals surface area contributed by atoms with Gasteiger partial charge in [0.15, 0.2) is 0 Å². The molecule has 4 aliphatic carbocycles. The van der Waals surface area contributed by atoms with Gasteiger partial charge in [-0.2, -0.15) is 0 Å². The zero-order valence-corrected chi connectivity index (χ0v) is 17.9. The zero-order valence-electron chi connectivity index (χ0n) is 17.9. The molecule has 1 heterocycles. The van der Waals surface area contributed by atoms with E-state index < -0.39 is 0 Å². The van der Waals surface area contributed by atoms with Gasteiger partial charge >= 0.3 is 0 Å². The number of carbonyl (C=O) groups excluding carboxylic acids is 1. The molecule has 4 unspecified atom stereocenters. The average molecular weight is 380 g/mol. The van der Waals surface area contributed by atoms with Gasteiger partial charge in [0.1, 0.15) is 5.78 Å². The smallest absolute Gasteiger partial charge is 0.139 e. The number of ketones is 1. The molecule has 152 valence electrons. The third-order valence-corrected chi connectivity index (χ3v) is 9.31. The van der Waals surface area contributed by atoms with E-state index >= 15 is 0 Å². The van der Waals surface area contributed by atoms with Crippen LogP contribution in [-0.4, -0.2) is 18.9 Å². The van der Waals surface area contributed by atoms with Gasteiger partial charge in [0.25, 0.3) is 0 Å². The van der Waals surface area contributed by atoms with Crippen molar-refractivity contribution in [3.63, 3.8) is 0 Å². The van der Waals surface area contributed by atoms with E-state index in [0.717, 1.165) is 44.7 Å². The van der Waals surface area contributed by atoms with Gasteiger partial charge in [0.05, 0.1) is 0 Å². The van der Waals surface area contributed by atoms with E-state index in [9.17, 15) is 4.79 Å². The largest absolute Gasteiger partial charge is 0.317 e. The first-order chi connectivity index (χ1) is 13.4. The summed E-state index contributed by atoms with van der Waals surface area (Å²) in [5.74, 6) is 1.38. The van der Waals surface area contributed by atoms with Crippen molar-refractivity contribution in [1.82, 2.24) is 5.32 Å². The number of hydrogen-bond donors (Lipinski definition) is 1. The lowest BCUT2D eigenvalue weighted by molar-refractivity contribution is -0.163. The van der Waals surface area contributed by atoms with Crippen LogP contribution in [0.3, 0.4) is 0 Å². The SMILES string of the molecule is CCC12CC3CC(C(=O)CC4(C)CCNCC4)(C1)CC(c1ccccc1)(C3)C2. The summed E-state index contributed by atoms with van der Waals surface area (Å²) >= 11 is 0. The highest BCUT2D eigenvalue weighted by Crippen LogP contribution is 2.71. The van der Waals surface area contributed by atoms with Crippen LogP contribution in [0.25, 0.3) is 0 Å². The first kappa shape index (κ1) is 18.9. The van der Waals surface area contributed by atoms with Gasteiger partial charge < -0.3 is 5.32 Å². The number of piperidine rings is 1. The monoisotopic (exact) mass is 379 g/mol. The van der Waals surface area contributed by atoms with Crippen LogP contribution in [0.4, 0.5) is 0 Å². The van der Waals surface area contributed by atoms with Crippen LogP contribution in [0.2, 0.25) is 0 Å². The highest BCUT2D eigenvalue weighted by Gasteiger charge is 2.65. The Balaban J connectivity index is 1.50. The number of benzene rings is 1. The Morgan fingerprint density at radius 1 is 1.04 bits per heavy atom. The van der Waals surface area contributed by atoms with Crippen molar-refractivity contribution in [1.29, 1.82) is 0 Å². The van der Waals surface area contributed by atoms with Gasteiger partial charge in [-0.25, -0.2) is 0 Å². The molecule has 1 N–H and O–H groups in total. The highest BCUT2D eigenvalue weighted by molar-refractivity contribution is 5.86. The molecular weight excluding hydrogens is 342 g/mol. The van der Waals surface area contributed by atoms with Crippen LogP contribution in [-0.2, 0) is 10.2 Å². The van der Waals surface area contributed by atoms with E-state index in [0.29, 0.717) is 11.2 Å². The first-order valence-electron chi connectivity index (χ1n) is 11.7. The van der Waals surface area contributed by atoms with E-state index in [-0.39, 0.29) is 16.2 Å². The Bertz CT molecular complexity index is 751. The summed E-state index contributed by atoms with van der Waals surface area (Å²) in [5, 5.41) is 3.48. The van der Waals surface area contributed by atoms with Crippen molar-refractivity contribution >= 4 is 5.78 Å². The Kier molecular flexibility index (Phi) is 4.32. The summed E-state index contributed by atoms with van der Waals surface area (Å²) in [5.41, 5.74) is 2.34. The van der Waals surface area contributed by atoms with E-state index in [1.807, 2.05) is 0 Å². The maximum atomic E-state index is 14.0. The van der Waals surface area contributed by atoms with Gasteiger partial charge in [-0.1, -0.05) is 50.6 Å². The molecule has 5 aliphatic rings. The summed E-state index contributed by atoms with van der Waals surface area (Å²) in [7, 11) is 0. The van der Waals surface area contributed by atoms with E-state index in [2.05, 4.69) is 49.5 Å². The lowest BCUT2D eigenvalue weighted by atomic mass is 9.37. The normalized spacial score (nSPS) is 41.1. The van der Waals surface area contributed by atoms with Crippen molar-refractivity contribution in [2.45, 2.75) is 83.5 Å². The quantitative estimate of drug-likeness (QED) is 0.716. The third-order valence-electron chi connectivity index (χ3n) is 9.31. The molecular formula is C26H37NO. The first-order valence-corrected chi connectivity index (χ1v) is 11.7. The second kappa shape index (κ2) is 6.42. The molecule has 2 heteroatoms. The fraction of sp³-hybridized carbons (Fsp3) is 0.731. The van der Waals surface area contributed by atoms with Crippen LogP contribution in [0, 0.1) is 22.2 Å². The van der Waals surface area contributed by atoms with E-state index in [1.165, 1.54) is 44.1 Å².